The Hall–Kier alpha value is -3.31. The monoisotopic (exact) mass is 376 g/mol. The predicted molar refractivity (Wildman–Crippen MR) is 108 cm³/mol. The van der Waals surface area contributed by atoms with Crippen molar-refractivity contribution in [1.29, 1.82) is 0 Å². The zero-order valence-electron chi connectivity index (χ0n) is 14.1. The lowest BCUT2D eigenvalue weighted by Gasteiger charge is -2.09. The van der Waals surface area contributed by atoms with Gasteiger partial charge in [0.1, 0.15) is 5.82 Å². The molecule has 0 saturated heterocycles. The van der Waals surface area contributed by atoms with E-state index in [0.29, 0.717) is 16.5 Å². The minimum absolute atomic E-state index is 0.316. The number of rotatable bonds is 4. The van der Waals surface area contributed by atoms with E-state index in [4.69, 9.17) is 11.6 Å². The average Bonchev–Trinajstić information content (AvgIpc) is 2.70. The maximum absolute atomic E-state index is 13.7. The largest absolute Gasteiger partial charge is 0.245 e. The molecule has 1 heterocycles. The summed E-state index contributed by atoms with van der Waals surface area (Å²) in [5, 5.41) is 5.52. The standard InChI is InChI=1S/C21H14ClFN4/c22-16-10-11-19-17(12-16)20(14-6-2-1-3-7-14)26-21(25-19)27-24-13-15-8-4-5-9-18(15)23/h1-13H,(H,25,26,27)/b24-13-. The molecule has 132 valence electrons. The van der Waals surface area contributed by atoms with Crippen molar-refractivity contribution in [3.63, 3.8) is 0 Å². The van der Waals surface area contributed by atoms with E-state index in [1.165, 1.54) is 12.3 Å². The van der Waals surface area contributed by atoms with Crippen LogP contribution in [0.4, 0.5) is 10.3 Å². The fraction of sp³-hybridized carbons (Fsp3) is 0. The van der Waals surface area contributed by atoms with Gasteiger partial charge in [0.2, 0.25) is 5.95 Å². The lowest BCUT2D eigenvalue weighted by atomic mass is 10.1. The van der Waals surface area contributed by atoms with E-state index in [9.17, 15) is 4.39 Å². The first-order valence-corrected chi connectivity index (χ1v) is 8.65. The molecule has 1 N–H and O–H groups in total. The number of anilines is 1. The number of halogens is 2. The molecule has 4 rings (SSSR count). The first-order valence-electron chi connectivity index (χ1n) is 8.27. The van der Waals surface area contributed by atoms with Crippen LogP contribution < -0.4 is 5.43 Å². The summed E-state index contributed by atoms with van der Waals surface area (Å²) in [6, 6.07) is 21.6. The highest BCUT2D eigenvalue weighted by Gasteiger charge is 2.10. The van der Waals surface area contributed by atoms with Gasteiger partial charge in [-0.05, 0) is 24.3 Å². The SMILES string of the molecule is Fc1ccccc1/C=N\Nc1nc(-c2ccccc2)c2cc(Cl)ccc2n1. The summed E-state index contributed by atoms with van der Waals surface area (Å²) in [7, 11) is 0. The van der Waals surface area contributed by atoms with Gasteiger partial charge in [-0.3, -0.25) is 0 Å². The summed E-state index contributed by atoms with van der Waals surface area (Å²) >= 11 is 6.15. The lowest BCUT2D eigenvalue weighted by molar-refractivity contribution is 0.626. The van der Waals surface area contributed by atoms with Crippen LogP contribution in [0.1, 0.15) is 5.56 Å². The van der Waals surface area contributed by atoms with Crippen LogP contribution in [0.3, 0.4) is 0 Å². The minimum Gasteiger partial charge on any atom is -0.245 e. The minimum atomic E-state index is -0.345. The number of benzene rings is 3. The Balaban J connectivity index is 1.74. The van der Waals surface area contributed by atoms with Gasteiger partial charge in [-0.1, -0.05) is 60.1 Å². The topological polar surface area (TPSA) is 50.2 Å². The zero-order chi connectivity index (χ0) is 18.6. The molecule has 0 aliphatic carbocycles. The third-order valence-corrected chi connectivity index (χ3v) is 4.21. The van der Waals surface area contributed by atoms with Crippen molar-refractivity contribution in [3.05, 3.63) is 89.2 Å². The van der Waals surface area contributed by atoms with Crippen LogP contribution in [-0.4, -0.2) is 16.2 Å². The van der Waals surface area contributed by atoms with E-state index in [2.05, 4.69) is 20.5 Å². The molecular formula is C21H14ClFN4. The molecule has 0 unspecified atom stereocenters. The summed E-state index contributed by atoms with van der Waals surface area (Å²) in [5.41, 5.74) is 5.57. The van der Waals surface area contributed by atoms with Crippen LogP contribution >= 0.6 is 11.6 Å². The maximum Gasteiger partial charge on any atom is 0.244 e. The van der Waals surface area contributed by atoms with Gasteiger partial charge in [-0.15, -0.1) is 0 Å². The quantitative estimate of drug-likeness (QED) is 0.376. The Morgan fingerprint density at radius 2 is 1.70 bits per heavy atom. The predicted octanol–water partition coefficient (Wildman–Crippen LogP) is 5.54. The van der Waals surface area contributed by atoms with Crippen molar-refractivity contribution in [1.82, 2.24) is 9.97 Å². The molecule has 1 aromatic heterocycles. The first kappa shape index (κ1) is 17.1. The molecule has 0 atom stereocenters. The Bertz CT molecular complexity index is 1130. The summed E-state index contributed by atoms with van der Waals surface area (Å²) in [6.45, 7) is 0. The molecule has 0 bridgehead atoms. The molecule has 0 aliphatic rings. The molecule has 0 fully saturated rings. The fourth-order valence-corrected chi connectivity index (χ4v) is 2.88. The van der Waals surface area contributed by atoms with Crippen molar-refractivity contribution in [3.8, 4) is 11.3 Å². The van der Waals surface area contributed by atoms with Crippen molar-refractivity contribution >= 4 is 34.7 Å². The number of fused-ring (bicyclic) bond motifs is 1. The summed E-state index contributed by atoms with van der Waals surface area (Å²) in [6.07, 6.45) is 1.40. The van der Waals surface area contributed by atoms with Gasteiger partial charge >= 0.3 is 0 Å². The van der Waals surface area contributed by atoms with Crippen molar-refractivity contribution < 1.29 is 4.39 Å². The van der Waals surface area contributed by atoms with E-state index < -0.39 is 0 Å². The molecule has 27 heavy (non-hydrogen) atoms. The van der Waals surface area contributed by atoms with Gasteiger partial charge in [-0.25, -0.2) is 19.8 Å². The summed E-state index contributed by atoms with van der Waals surface area (Å²) < 4.78 is 13.7. The van der Waals surface area contributed by atoms with Gasteiger partial charge in [0.15, 0.2) is 0 Å². The Labute approximate surface area is 160 Å². The molecule has 4 nitrogen and oxygen atoms in total. The first-order chi connectivity index (χ1) is 13.2. The van der Waals surface area contributed by atoms with E-state index in [0.717, 1.165) is 22.2 Å². The zero-order valence-corrected chi connectivity index (χ0v) is 14.9. The van der Waals surface area contributed by atoms with Crippen molar-refractivity contribution in [2.24, 2.45) is 5.10 Å². The van der Waals surface area contributed by atoms with Crippen molar-refractivity contribution in [2.75, 3.05) is 5.43 Å². The van der Waals surface area contributed by atoms with E-state index in [1.807, 2.05) is 42.5 Å². The second-order valence-electron chi connectivity index (χ2n) is 5.81. The number of aromatic nitrogens is 2. The Morgan fingerprint density at radius 3 is 2.52 bits per heavy atom. The van der Waals surface area contributed by atoms with Gasteiger partial charge in [-0.2, -0.15) is 5.10 Å². The highest BCUT2D eigenvalue weighted by molar-refractivity contribution is 6.31. The van der Waals surface area contributed by atoms with Crippen LogP contribution in [0, 0.1) is 5.82 Å². The third-order valence-electron chi connectivity index (χ3n) is 3.98. The highest BCUT2D eigenvalue weighted by Crippen LogP contribution is 2.29. The van der Waals surface area contributed by atoms with E-state index in [1.54, 1.807) is 24.3 Å². The number of hydrogen-bond donors (Lipinski definition) is 1. The van der Waals surface area contributed by atoms with Crippen LogP contribution in [0.15, 0.2) is 77.9 Å². The van der Waals surface area contributed by atoms with Crippen LogP contribution in [0.5, 0.6) is 0 Å². The van der Waals surface area contributed by atoms with Crippen LogP contribution in [0.25, 0.3) is 22.2 Å². The lowest BCUT2D eigenvalue weighted by Crippen LogP contribution is -2.00. The number of nitrogens with one attached hydrogen (secondary N) is 1. The van der Waals surface area contributed by atoms with Crippen molar-refractivity contribution in [2.45, 2.75) is 0 Å². The molecule has 0 amide bonds. The maximum atomic E-state index is 13.7. The molecule has 0 saturated carbocycles. The Kier molecular flexibility index (Phi) is 4.77. The third kappa shape index (κ3) is 3.78. The summed E-state index contributed by atoms with van der Waals surface area (Å²) in [4.78, 5) is 9.05. The number of hydrazone groups is 1. The second-order valence-corrected chi connectivity index (χ2v) is 6.25. The molecule has 0 spiro atoms. The molecule has 6 heteroatoms. The Morgan fingerprint density at radius 1 is 0.926 bits per heavy atom. The average molecular weight is 377 g/mol. The van der Waals surface area contributed by atoms with Crippen LogP contribution in [0.2, 0.25) is 5.02 Å². The molecule has 3 aromatic carbocycles. The highest BCUT2D eigenvalue weighted by atomic mass is 35.5. The van der Waals surface area contributed by atoms with E-state index >= 15 is 0 Å². The van der Waals surface area contributed by atoms with Gasteiger partial charge in [0, 0.05) is 21.5 Å². The molecular weight excluding hydrogens is 363 g/mol. The molecule has 0 radical (unpaired) electrons. The molecule has 0 aliphatic heterocycles. The second kappa shape index (κ2) is 7.51. The number of nitrogens with zero attached hydrogens (tertiary/aromatic N) is 3. The van der Waals surface area contributed by atoms with Crippen LogP contribution in [-0.2, 0) is 0 Å². The van der Waals surface area contributed by atoms with Gasteiger partial charge < -0.3 is 0 Å². The van der Waals surface area contributed by atoms with E-state index in [-0.39, 0.29) is 5.82 Å². The van der Waals surface area contributed by atoms with Gasteiger partial charge in [0.05, 0.1) is 17.4 Å². The smallest absolute Gasteiger partial charge is 0.244 e. The normalized spacial score (nSPS) is 11.2. The summed E-state index contributed by atoms with van der Waals surface area (Å²) in [5.74, 6) is -0.0293. The fourth-order valence-electron chi connectivity index (χ4n) is 2.71. The molecule has 4 aromatic rings. The van der Waals surface area contributed by atoms with Gasteiger partial charge in [0.25, 0.3) is 0 Å². The number of hydrogen-bond acceptors (Lipinski definition) is 4.